The zero-order chi connectivity index (χ0) is 24.2. The molecule has 1 aliphatic rings. The van der Waals surface area contributed by atoms with E-state index >= 15 is 0 Å². The molecule has 0 saturated carbocycles. The number of nitrogens with zero attached hydrogens (tertiary/aromatic N) is 1. The van der Waals surface area contributed by atoms with Gasteiger partial charge in [0.2, 0.25) is 0 Å². The number of carboxylic acid groups (broad SMARTS) is 1. The average molecular weight is 456 g/mol. The summed E-state index contributed by atoms with van der Waals surface area (Å²) in [6.45, 7) is 1.98. The van der Waals surface area contributed by atoms with E-state index in [4.69, 9.17) is 9.84 Å². The number of urea groups is 1. The number of carboxylic acids is 1. The SMILES string of the molecule is Cc1cccc(N2C(=O)NC(=O)/C(=C\c3ccccc3OCc3ccc(C(=O)O)cc3)C2=O)c1. The van der Waals surface area contributed by atoms with Crippen LogP contribution >= 0.6 is 0 Å². The standard InChI is InChI=1S/C26H20N2O6/c1-16-5-4-7-20(13-16)28-24(30)21(23(29)27-26(28)33)14-19-6-2-3-8-22(19)34-15-17-9-11-18(12-10-17)25(31)32/h2-14H,15H2,1H3,(H,31,32)(H,27,29,33)/b21-14+. The minimum Gasteiger partial charge on any atom is -0.488 e. The minimum absolute atomic E-state index is 0.147. The molecule has 0 aliphatic carbocycles. The molecular formula is C26H20N2O6. The number of hydrogen-bond donors (Lipinski definition) is 2. The third-order valence-corrected chi connectivity index (χ3v) is 5.18. The third kappa shape index (κ3) is 4.71. The number of aromatic carboxylic acids is 1. The fourth-order valence-electron chi connectivity index (χ4n) is 3.45. The Hall–Kier alpha value is -4.72. The van der Waals surface area contributed by atoms with Gasteiger partial charge >= 0.3 is 12.0 Å². The van der Waals surface area contributed by atoms with Gasteiger partial charge in [0.25, 0.3) is 11.8 Å². The van der Waals surface area contributed by atoms with Gasteiger partial charge in [-0.3, -0.25) is 14.9 Å². The van der Waals surface area contributed by atoms with Gasteiger partial charge in [-0.2, -0.15) is 0 Å². The second kappa shape index (κ2) is 9.41. The summed E-state index contributed by atoms with van der Waals surface area (Å²) in [7, 11) is 0. The van der Waals surface area contributed by atoms with Gasteiger partial charge in [-0.1, -0.05) is 42.5 Å². The summed E-state index contributed by atoms with van der Waals surface area (Å²) in [5, 5.41) is 11.2. The van der Waals surface area contributed by atoms with E-state index in [1.54, 1.807) is 54.6 Å². The van der Waals surface area contributed by atoms with Crippen LogP contribution < -0.4 is 15.0 Å². The highest BCUT2D eigenvalue weighted by Gasteiger charge is 2.37. The van der Waals surface area contributed by atoms with Gasteiger partial charge in [-0.15, -0.1) is 0 Å². The molecule has 1 heterocycles. The molecule has 8 nitrogen and oxygen atoms in total. The lowest BCUT2D eigenvalue weighted by molar-refractivity contribution is -0.122. The zero-order valence-corrected chi connectivity index (χ0v) is 18.1. The molecule has 0 radical (unpaired) electrons. The largest absolute Gasteiger partial charge is 0.488 e. The van der Waals surface area contributed by atoms with Crippen LogP contribution in [-0.2, 0) is 16.2 Å². The van der Waals surface area contributed by atoms with Gasteiger partial charge in [-0.05, 0) is 54.5 Å². The zero-order valence-electron chi connectivity index (χ0n) is 18.1. The van der Waals surface area contributed by atoms with Crippen molar-refractivity contribution < 1.29 is 29.0 Å². The highest BCUT2D eigenvalue weighted by Crippen LogP contribution is 2.26. The number of imide groups is 2. The molecule has 0 spiro atoms. The number of carbonyl (C=O) groups excluding carboxylic acids is 3. The summed E-state index contributed by atoms with van der Waals surface area (Å²) in [5.74, 6) is -2.13. The van der Waals surface area contributed by atoms with Gasteiger partial charge in [-0.25, -0.2) is 14.5 Å². The molecule has 0 unspecified atom stereocenters. The molecule has 4 amide bonds. The highest BCUT2D eigenvalue weighted by molar-refractivity contribution is 6.39. The monoisotopic (exact) mass is 456 g/mol. The Labute approximate surface area is 195 Å². The maximum absolute atomic E-state index is 13.1. The van der Waals surface area contributed by atoms with Gasteiger partial charge in [0, 0.05) is 5.56 Å². The molecule has 2 N–H and O–H groups in total. The first-order valence-electron chi connectivity index (χ1n) is 10.4. The Morgan fingerprint density at radius 3 is 2.44 bits per heavy atom. The predicted octanol–water partition coefficient (Wildman–Crippen LogP) is 3.94. The van der Waals surface area contributed by atoms with E-state index in [1.165, 1.54) is 18.2 Å². The van der Waals surface area contributed by atoms with Gasteiger partial charge in [0.15, 0.2) is 0 Å². The van der Waals surface area contributed by atoms with Crippen LogP contribution in [0.2, 0.25) is 0 Å². The molecule has 1 aliphatic heterocycles. The van der Waals surface area contributed by atoms with Gasteiger partial charge in [0.1, 0.15) is 17.9 Å². The van der Waals surface area contributed by atoms with Crippen LogP contribution in [0.5, 0.6) is 5.75 Å². The third-order valence-electron chi connectivity index (χ3n) is 5.18. The first kappa shape index (κ1) is 22.5. The van der Waals surface area contributed by atoms with E-state index in [0.717, 1.165) is 16.0 Å². The summed E-state index contributed by atoms with van der Waals surface area (Å²) in [6.07, 6.45) is 1.38. The lowest BCUT2D eigenvalue weighted by Crippen LogP contribution is -2.54. The van der Waals surface area contributed by atoms with E-state index in [9.17, 15) is 19.2 Å². The summed E-state index contributed by atoms with van der Waals surface area (Å²) in [4.78, 5) is 50.0. The lowest BCUT2D eigenvalue weighted by atomic mass is 10.1. The summed E-state index contributed by atoms with van der Waals surface area (Å²) in [6, 6.07) is 19.1. The predicted molar refractivity (Wildman–Crippen MR) is 124 cm³/mol. The van der Waals surface area contributed by atoms with Crippen molar-refractivity contribution in [1.29, 1.82) is 0 Å². The van der Waals surface area contributed by atoms with Crippen molar-refractivity contribution in [3.05, 3.63) is 101 Å². The molecule has 34 heavy (non-hydrogen) atoms. The Balaban J connectivity index is 1.60. The van der Waals surface area contributed by atoms with Crippen molar-refractivity contribution in [3.8, 4) is 5.75 Å². The van der Waals surface area contributed by atoms with Crippen molar-refractivity contribution in [1.82, 2.24) is 5.32 Å². The fourth-order valence-corrected chi connectivity index (χ4v) is 3.45. The number of para-hydroxylation sites is 1. The molecule has 4 rings (SSSR count). The molecule has 1 fully saturated rings. The quantitative estimate of drug-likeness (QED) is 0.429. The Morgan fingerprint density at radius 2 is 1.74 bits per heavy atom. The van der Waals surface area contributed by atoms with Crippen LogP contribution in [-0.4, -0.2) is 28.9 Å². The van der Waals surface area contributed by atoms with E-state index in [-0.39, 0.29) is 17.7 Å². The van der Waals surface area contributed by atoms with Crippen molar-refractivity contribution in [3.63, 3.8) is 0 Å². The summed E-state index contributed by atoms with van der Waals surface area (Å²) >= 11 is 0. The molecule has 0 aromatic heterocycles. The lowest BCUT2D eigenvalue weighted by Gasteiger charge is -2.26. The van der Waals surface area contributed by atoms with Crippen LogP contribution in [0.15, 0.2) is 78.4 Å². The van der Waals surface area contributed by atoms with E-state index in [0.29, 0.717) is 17.0 Å². The first-order valence-corrected chi connectivity index (χ1v) is 10.4. The minimum atomic E-state index is -1.02. The number of barbiturate groups is 1. The molecule has 1 saturated heterocycles. The first-order chi connectivity index (χ1) is 16.3. The number of anilines is 1. The van der Waals surface area contributed by atoms with Crippen LogP contribution in [0.1, 0.15) is 27.0 Å². The number of carbonyl (C=O) groups is 4. The molecule has 3 aromatic rings. The molecule has 0 bridgehead atoms. The van der Waals surface area contributed by atoms with Crippen molar-refractivity contribution in [2.75, 3.05) is 4.90 Å². The van der Waals surface area contributed by atoms with Crippen molar-refractivity contribution in [2.45, 2.75) is 13.5 Å². The number of nitrogens with one attached hydrogen (secondary N) is 1. The molecular weight excluding hydrogens is 436 g/mol. The van der Waals surface area contributed by atoms with E-state index in [2.05, 4.69) is 5.32 Å². The van der Waals surface area contributed by atoms with Crippen molar-refractivity contribution in [2.24, 2.45) is 0 Å². The number of benzene rings is 3. The van der Waals surface area contributed by atoms with Crippen LogP contribution in [0.25, 0.3) is 6.08 Å². The highest BCUT2D eigenvalue weighted by atomic mass is 16.5. The number of aryl methyl sites for hydroxylation is 1. The second-order valence-corrected chi connectivity index (χ2v) is 7.63. The smallest absolute Gasteiger partial charge is 0.335 e. The van der Waals surface area contributed by atoms with Crippen LogP contribution in [0.4, 0.5) is 10.5 Å². The van der Waals surface area contributed by atoms with Gasteiger partial charge < -0.3 is 9.84 Å². The maximum atomic E-state index is 13.1. The Morgan fingerprint density at radius 1 is 1.00 bits per heavy atom. The topological polar surface area (TPSA) is 113 Å². The molecule has 170 valence electrons. The van der Waals surface area contributed by atoms with E-state index in [1.807, 2.05) is 13.0 Å². The molecule has 0 atom stereocenters. The Kier molecular flexibility index (Phi) is 6.22. The summed E-state index contributed by atoms with van der Waals surface area (Å²) < 4.78 is 5.87. The van der Waals surface area contributed by atoms with Crippen molar-refractivity contribution >= 4 is 35.6 Å². The maximum Gasteiger partial charge on any atom is 0.335 e. The molecule has 8 heteroatoms. The summed E-state index contributed by atoms with van der Waals surface area (Å²) in [5.41, 5.74) is 2.40. The number of ether oxygens (including phenoxy) is 1. The second-order valence-electron chi connectivity index (χ2n) is 7.63. The normalized spacial score (nSPS) is 14.8. The van der Waals surface area contributed by atoms with Crippen LogP contribution in [0.3, 0.4) is 0 Å². The fraction of sp³-hybridized carbons (Fsp3) is 0.0769. The molecule has 3 aromatic carbocycles. The Bertz CT molecular complexity index is 1330. The van der Waals surface area contributed by atoms with E-state index < -0.39 is 23.8 Å². The van der Waals surface area contributed by atoms with Gasteiger partial charge in [0.05, 0.1) is 11.3 Å². The number of rotatable bonds is 6. The average Bonchev–Trinajstić information content (AvgIpc) is 2.81. The van der Waals surface area contributed by atoms with Crippen LogP contribution in [0, 0.1) is 6.92 Å². The number of hydrogen-bond acceptors (Lipinski definition) is 5. The number of amides is 4.